The van der Waals surface area contributed by atoms with Crippen LogP contribution in [0.4, 0.5) is 0 Å². The van der Waals surface area contributed by atoms with Crippen molar-refractivity contribution < 1.29 is 9.53 Å². The predicted octanol–water partition coefficient (Wildman–Crippen LogP) is 2.98. The molecule has 0 radical (unpaired) electrons. The summed E-state index contributed by atoms with van der Waals surface area (Å²) in [7, 11) is 1.59. The Labute approximate surface area is 127 Å². The minimum absolute atomic E-state index is 0.0803. The normalized spacial score (nSPS) is 10.8. The number of hydrogen-bond acceptors (Lipinski definition) is 4. The van der Waals surface area contributed by atoms with Crippen molar-refractivity contribution in [1.82, 2.24) is 5.32 Å². The Hall–Kier alpha value is -2.58. The van der Waals surface area contributed by atoms with Crippen LogP contribution in [0.2, 0.25) is 0 Å². The molecule has 1 heterocycles. The molecule has 0 aliphatic carbocycles. The minimum Gasteiger partial charge on any atom is -0.497 e. The van der Waals surface area contributed by atoms with E-state index in [-0.39, 0.29) is 11.5 Å². The first-order chi connectivity index (χ1) is 10.2. The zero-order chi connectivity index (χ0) is 15.1. The van der Waals surface area contributed by atoms with Gasteiger partial charge in [0.05, 0.1) is 13.7 Å². The van der Waals surface area contributed by atoms with Crippen LogP contribution < -0.4 is 10.1 Å². The highest BCUT2D eigenvalue weighted by Gasteiger charge is 2.08. The molecule has 21 heavy (non-hydrogen) atoms. The fourth-order valence-electron chi connectivity index (χ4n) is 1.69. The van der Waals surface area contributed by atoms with Crippen molar-refractivity contribution in [2.45, 2.75) is 6.54 Å². The van der Waals surface area contributed by atoms with Crippen molar-refractivity contribution in [1.29, 1.82) is 5.26 Å². The van der Waals surface area contributed by atoms with Crippen LogP contribution in [-0.2, 0) is 11.3 Å². The smallest absolute Gasteiger partial charge is 0.262 e. The molecule has 0 aliphatic heterocycles. The summed E-state index contributed by atoms with van der Waals surface area (Å²) in [4.78, 5) is 13.0. The molecule has 106 valence electrons. The largest absolute Gasteiger partial charge is 0.497 e. The fraction of sp³-hybridized carbons (Fsp3) is 0.125. The zero-order valence-electron chi connectivity index (χ0n) is 11.5. The monoisotopic (exact) mass is 298 g/mol. The molecule has 0 bridgehead atoms. The van der Waals surface area contributed by atoms with E-state index >= 15 is 0 Å². The number of carbonyl (C=O) groups is 1. The third-order valence-electron chi connectivity index (χ3n) is 2.80. The number of nitrogens with one attached hydrogen (secondary N) is 1. The highest BCUT2D eigenvalue weighted by Crippen LogP contribution is 2.14. The van der Waals surface area contributed by atoms with Gasteiger partial charge in [-0.1, -0.05) is 18.2 Å². The number of methoxy groups -OCH3 is 1. The maximum atomic E-state index is 12.0. The van der Waals surface area contributed by atoms with Crippen LogP contribution >= 0.6 is 11.3 Å². The molecule has 1 aromatic carbocycles. The molecule has 0 aliphatic rings. The third kappa shape index (κ3) is 4.20. The molecule has 0 atom stereocenters. The molecule has 2 aromatic rings. The molecule has 0 spiro atoms. The highest BCUT2D eigenvalue weighted by atomic mass is 32.1. The fourth-order valence-corrected chi connectivity index (χ4v) is 2.34. The quantitative estimate of drug-likeness (QED) is 0.682. The second kappa shape index (κ2) is 7.27. The number of rotatable bonds is 5. The molecule has 1 aromatic heterocycles. The summed E-state index contributed by atoms with van der Waals surface area (Å²) in [5, 5.41) is 13.8. The average molecular weight is 298 g/mol. The maximum Gasteiger partial charge on any atom is 0.262 e. The van der Waals surface area contributed by atoms with Gasteiger partial charge in [-0.2, -0.15) is 5.26 Å². The second-order valence-corrected chi connectivity index (χ2v) is 5.24. The van der Waals surface area contributed by atoms with E-state index in [0.29, 0.717) is 6.54 Å². The molecule has 0 fully saturated rings. The van der Waals surface area contributed by atoms with Gasteiger partial charge < -0.3 is 10.1 Å². The van der Waals surface area contributed by atoms with E-state index in [0.717, 1.165) is 16.2 Å². The van der Waals surface area contributed by atoms with Crippen LogP contribution in [0, 0.1) is 11.3 Å². The first-order valence-corrected chi connectivity index (χ1v) is 7.17. The van der Waals surface area contributed by atoms with Gasteiger partial charge >= 0.3 is 0 Å². The van der Waals surface area contributed by atoms with Crippen LogP contribution in [0.1, 0.15) is 10.4 Å². The predicted molar refractivity (Wildman–Crippen MR) is 82.7 cm³/mol. The Morgan fingerprint density at radius 2 is 2.14 bits per heavy atom. The summed E-state index contributed by atoms with van der Waals surface area (Å²) in [6.45, 7) is 0.429. The summed E-state index contributed by atoms with van der Waals surface area (Å²) in [5.41, 5.74) is 0.857. The van der Waals surface area contributed by atoms with Gasteiger partial charge in [-0.25, -0.2) is 0 Å². The Kier molecular flexibility index (Phi) is 5.13. The molecule has 5 heteroatoms. The Morgan fingerprint density at radius 1 is 1.38 bits per heavy atom. The highest BCUT2D eigenvalue weighted by molar-refractivity contribution is 7.09. The topological polar surface area (TPSA) is 62.1 Å². The first kappa shape index (κ1) is 14.8. The van der Waals surface area contributed by atoms with E-state index in [4.69, 9.17) is 10.00 Å². The van der Waals surface area contributed by atoms with Crippen LogP contribution in [-0.4, -0.2) is 13.0 Å². The molecule has 0 unspecified atom stereocenters. The van der Waals surface area contributed by atoms with E-state index in [1.165, 1.54) is 0 Å². The van der Waals surface area contributed by atoms with E-state index in [1.807, 2.05) is 23.6 Å². The summed E-state index contributed by atoms with van der Waals surface area (Å²) >= 11 is 1.56. The number of ether oxygens (including phenoxy) is 1. The molecular formula is C16H14N2O2S. The van der Waals surface area contributed by atoms with E-state index < -0.39 is 0 Å². The van der Waals surface area contributed by atoms with Crippen molar-refractivity contribution in [2.24, 2.45) is 0 Å². The number of amides is 1. The zero-order valence-corrected chi connectivity index (χ0v) is 12.3. The van der Waals surface area contributed by atoms with Gasteiger partial charge in [0.2, 0.25) is 0 Å². The number of nitriles is 1. The Balaban J connectivity index is 2.05. The Morgan fingerprint density at radius 3 is 2.71 bits per heavy atom. The number of nitrogens with zero attached hydrogens (tertiary/aromatic N) is 1. The summed E-state index contributed by atoms with van der Waals surface area (Å²) in [6.07, 6.45) is 1.56. The van der Waals surface area contributed by atoms with Crippen LogP contribution in [0.3, 0.4) is 0 Å². The van der Waals surface area contributed by atoms with Crippen LogP contribution in [0.15, 0.2) is 47.4 Å². The van der Waals surface area contributed by atoms with Crippen molar-refractivity contribution in [3.8, 4) is 11.8 Å². The SMILES string of the molecule is COc1ccc(/C=C(/C#N)C(=O)NCc2cccs2)cc1. The lowest BCUT2D eigenvalue weighted by Crippen LogP contribution is -2.23. The second-order valence-electron chi connectivity index (χ2n) is 4.21. The minimum atomic E-state index is -0.373. The first-order valence-electron chi connectivity index (χ1n) is 6.29. The molecule has 1 amide bonds. The summed E-state index contributed by atoms with van der Waals surface area (Å²) in [6, 6.07) is 12.9. The van der Waals surface area contributed by atoms with Gasteiger partial charge in [-0.3, -0.25) is 4.79 Å². The Bertz CT molecular complexity index is 667. The van der Waals surface area contributed by atoms with Crippen molar-refractivity contribution >= 4 is 23.3 Å². The van der Waals surface area contributed by atoms with Gasteiger partial charge in [-0.15, -0.1) is 11.3 Å². The van der Waals surface area contributed by atoms with Crippen molar-refractivity contribution in [3.63, 3.8) is 0 Å². The van der Waals surface area contributed by atoms with Gasteiger partial charge in [0.1, 0.15) is 17.4 Å². The standard InChI is InChI=1S/C16H14N2O2S/c1-20-14-6-4-12(5-7-14)9-13(10-17)16(19)18-11-15-3-2-8-21-15/h2-9H,11H2,1H3,(H,18,19)/b13-9-. The molecule has 2 rings (SSSR count). The number of hydrogen-bond donors (Lipinski definition) is 1. The van der Waals surface area contributed by atoms with Crippen LogP contribution in [0.5, 0.6) is 5.75 Å². The summed E-state index contributed by atoms with van der Waals surface area (Å²) in [5.74, 6) is 0.356. The number of benzene rings is 1. The van der Waals surface area contributed by atoms with Gasteiger partial charge in [-0.05, 0) is 35.2 Å². The van der Waals surface area contributed by atoms with Gasteiger partial charge in [0.25, 0.3) is 5.91 Å². The molecule has 1 N–H and O–H groups in total. The summed E-state index contributed by atoms with van der Waals surface area (Å²) < 4.78 is 5.06. The molecule has 4 nitrogen and oxygen atoms in total. The number of thiophene rings is 1. The van der Waals surface area contributed by atoms with Crippen LogP contribution in [0.25, 0.3) is 6.08 Å². The maximum absolute atomic E-state index is 12.0. The van der Waals surface area contributed by atoms with Gasteiger partial charge in [0.15, 0.2) is 0 Å². The van der Waals surface area contributed by atoms with Gasteiger partial charge in [0, 0.05) is 4.88 Å². The lowest BCUT2D eigenvalue weighted by Gasteiger charge is -2.03. The van der Waals surface area contributed by atoms with E-state index in [2.05, 4.69) is 5.32 Å². The third-order valence-corrected chi connectivity index (χ3v) is 3.67. The number of carbonyl (C=O) groups excluding carboxylic acids is 1. The van der Waals surface area contributed by atoms with Crippen molar-refractivity contribution in [2.75, 3.05) is 7.11 Å². The molecule has 0 saturated heterocycles. The molecular weight excluding hydrogens is 284 g/mol. The van der Waals surface area contributed by atoms with Crippen molar-refractivity contribution in [3.05, 3.63) is 57.8 Å². The van der Waals surface area contributed by atoms with E-state index in [1.54, 1.807) is 48.8 Å². The average Bonchev–Trinajstić information content (AvgIpc) is 3.04. The molecule has 0 saturated carbocycles. The lowest BCUT2D eigenvalue weighted by atomic mass is 10.1. The lowest BCUT2D eigenvalue weighted by molar-refractivity contribution is -0.117. The van der Waals surface area contributed by atoms with E-state index in [9.17, 15) is 4.79 Å².